The van der Waals surface area contributed by atoms with Crippen LogP contribution in [-0.2, 0) is 9.13 Å². The summed E-state index contributed by atoms with van der Waals surface area (Å²) in [5.41, 5.74) is 0. The normalized spacial score (nSPS) is 13.2. The van der Waals surface area contributed by atoms with Gasteiger partial charge in [-0.05, 0) is 0 Å². The molecule has 9 heteroatoms. The van der Waals surface area contributed by atoms with Gasteiger partial charge < -0.3 is 19.6 Å². The molecule has 0 saturated carbocycles. The van der Waals surface area contributed by atoms with Crippen molar-refractivity contribution in [2.24, 2.45) is 0 Å². The summed E-state index contributed by atoms with van der Waals surface area (Å²) in [6.07, 6.45) is -0.0699. The molecule has 0 atom stereocenters. The molecule has 7 nitrogen and oxygen atoms in total. The Morgan fingerprint density at radius 1 is 1.07 bits per heavy atom. The average Bonchev–Trinajstić information content (AvgIpc) is 1.78. The van der Waals surface area contributed by atoms with Crippen LogP contribution < -0.4 is 0 Å². The monoisotopic (exact) mass is 245 g/mol. The van der Waals surface area contributed by atoms with E-state index in [9.17, 15) is 9.13 Å². The van der Waals surface area contributed by atoms with Crippen molar-refractivity contribution >= 4 is 15.2 Å². The molecule has 0 radical (unpaired) electrons. The van der Waals surface area contributed by atoms with Crippen molar-refractivity contribution in [2.75, 3.05) is 19.1 Å². The summed E-state index contributed by atoms with van der Waals surface area (Å²) in [4.78, 5) is 35.3. The molecule has 0 aromatic rings. The molecular formula is C5H13NO6P2. The minimum atomic E-state index is -4.30. The zero-order valence-corrected chi connectivity index (χ0v) is 9.14. The van der Waals surface area contributed by atoms with Crippen LogP contribution in [0.5, 0.6) is 0 Å². The lowest BCUT2D eigenvalue weighted by Gasteiger charge is -2.20. The SMILES string of the molecule is C=CCN(CP(=O)(O)O)CP(=O)(O)O. The quantitative estimate of drug-likeness (QED) is 0.376. The highest BCUT2D eigenvalue weighted by atomic mass is 31.2. The van der Waals surface area contributed by atoms with Crippen molar-refractivity contribution in [1.29, 1.82) is 0 Å². The van der Waals surface area contributed by atoms with Gasteiger partial charge in [0.1, 0.15) is 12.6 Å². The van der Waals surface area contributed by atoms with Gasteiger partial charge in [-0.3, -0.25) is 14.0 Å². The van der Waals surface area contributed by atoms with Crippen LogP contribution in [0.3, 0.4) is 0 Å². The fourth-order valence-corrected chi connectivity index (χ4v) is 2.49. The van der Waals surface area contributed by atoms with E-state index in [1.807, 2.05) is 0 Å². The first-order chi connectivity index (χ1) is 6.14. The lowest BCUT2D eigenvalue weighted by Crippen LogP contribution is -2.26. The molecule has 0 aromatic carbocycles. The minimum absolute atomic E-state index is 0.0101. The van der Waals surface area contributed by atoms with E-state index in [0.717, 1.165) is 4.90 Å². The molecule has 0 aliphatic rings. The summed E-state index contributed by atoms with van der Waals surface area (Å²) in [5, 5.41) is 0. The van der Waals surface area contributed by atoms with E-state index in [2.05, 4.69) is 6.58 Å². The summed E-state index contributed by atoms with van der Waals surface area (Å²) in [5.74, 6) is 0. The van der Waals surface area contributed by atoms with E-state index in [-0.39, 0.29) is 6.54 Å². The van der Waals surface area contributed by atoms with Gasteiger partial charge in [-0.25, -0.2) is 0 Å². The maximum Gasteiger partial charge on any atom is 0.339 e. The fourth-order valence-electron chi connectivity index (χ4n) is 0.864. The van der Waals surface area contributed by atoms with Gasteiger partial charge in [0.05, 0.1) is 0 Å². The van der Waals surface area contributed by atoms with E-state index in [1.54, 1.807) is 0 Å². The van der Waals surface area contributed by atoms with Gasteiger partial charge in [0, 0.05) is 6.54 Å². The Labute approximate surface area is 81.4 Å². The van der Waals surface area contributed by atoms with Crippen LogP contribution in [0.2, 0.25) is 0 Å². The molecule has 0 aromatic heterocycles. The predicted octanol–water partition coefficient (Wildman–Crippen LogP) is -0.255. The summed E-state index contributed by atoms with van der Waals surface area (Å²) in [7, 11) is -8.61. The van der Waals surface area contributed by atoms with Crippen molar-refractivity contribution in [3.63, 3.8) is 0 Å². The largest absolute Gasteiger partial charge is 0.339 e. The average molecular weight is 245 g/mol. The molecule has 0 fully saturated rings. The predicted molar refractivity (Wildman–Crippen MR) is 50.7 cm³/mol. The summed E-state index contributed by atoms with van der Waals surface area (Å²) < 4.78 is 21.1. The second-order valence-corrected chi connectivity index (χ2v) is 5.98. The first-order valence-electron chi connectivity index (χ1n) is 3.56. The van der Waals surface area contributed by atoms with Crippen LogP contribution in [-0.4, -0.2) is 43.6 Å². The Kier molecular flexibility index (Phi) is 5.19. The Bertz CT molecular complexity index is 256. The molecule has 0 heterocycles. The second-order valence-electron chi connectivity index (χ2n) is 2.75. The number of hydrogen-bond donors (Lipinski definition) is 4. The molecule has 0 spiro atoms. The van der Waals surface area contributed by atoms with Gasteiger partial charge in [0.2, 0.25) is 0 Å². The Balaban J connectivity index is 4.38. The minimum Gasteiger partial charge on any atom is -0.324 e. The Hall–Kier alpha value is -0.0000000000000000416. The van der Waals surface area contributed by atoms with Crippen molar-refractivity contribution in [2.45, 2.75) is 0 Å². The Morgan fingerprint density at radius 2 is 1.43 bits per heavy atom. The van der Waals surface area contributed by atoms with Crippen molar-refractivity contribution in [1.82, 2.24) is 4.90 Å². The molecule has 0 amide bonds. The van der Waals surface area contributed by atoms with Crippen molar-refractivity contribution in [3.8, 4) is 0 Å². The van der Waals surface area contributed by atoms with E-state index in [4.69, 9.17) is 19.6 Å². The highest BCUT2D eigenvalue weighted by Gasteiger charge is 2.24. The van der Waals surface area contributed by atoms with Crippen LogP contribution in [0.4, 0.5) is 0 Å². The van der Waals surface area contributed by atoms with Gasteiger partial charge in [0.25, 0.3) is 0 Å². The summed E-state index contributed by atoms with van der Waals surface area (Å²) in [6.45, 7) is 3.32. The summed E-state index contributed by atoms with van der Waals surface area (Å²) >= 11 is 0. The Morgan fingerprint density at radius 3 is 1.64 bits per heavy atom. The first kappa shape index (κ1) is 14.0. The van der Waals surface area contributed by atoms with Gasteiger partial charge >= 0.3 is 15.2 Å². The molecule has 0 bridgehead atoms. The zero-order chi connectivity index (χ0) is 11.4. The van der Waals surface area contributed by atoms with Gasteiger partial charge in [-0.2, -0.15) is 0 Å². The molecule has 0 rings (SSSR count). The van der Waals surface area contributed by atoms with Crippen molar-refractivity contribution in [3.05, 3.63) is 12.7 Å². The zero-order valence-electron chi connectivity index (χ0n) is 7.35. The molecule has 0 aliphatic heterocycles. The van der Waals surface area contributed by atoms with Crippen LogP contribution in [0.1, 0.15) is 0 Å². The third-order valence-electron chi connectivity index (χ3n) is 1.16. The number of hydrogen-bond acceptors (Lipinski definition) is 3. The van der Waals surface area contributed by atoms with Crippen LogP contribution in [0.15, 0.2) is 12.7 Å². The molecule has 14 heavy (non-hydrogen) atoms. The topological polar surface area (TPSA) is 118 Å². The number of nitrogens with zero attached hydrogens (tertiary/aromatic N) is 1. The van der Waals surface area contributed by atoms with Gasteiger partial charge in [0.15, 0.2) is 0 Å². The standard InChI is InChI=1S/C5H13NO6P2/c1-2-3-6(4-13(7,8)9)5-14(10,11)12/h2H,1,3-5H2,(H2,7,8,9)(H2,10,11,12). The van der Waals surface area contributed by atoms with Crippen LogP contribution >= 0.6 is 15.2 Å². The maximum atomic E-state index is 10.6. The van der Waals surface area contributed by atoms with Crippen LogP contribution in [0, 0.1) is 0 Å². The molecule has 0 unspecified atom stereocenters. The molecule has 84 valence electrons. The van der Waals surface area contributed by atoms with Gasteiger partial charge in [-0.1, -0.05) is 6.08 Å². The van der Waals surface area contributed by atoms with E-state index in [1.165, 1.54) is 6.08 Å². The molecule has 0 aliphatic carbocycles. The fraction of sp³-hybridized carbons (Fsp3) is 0.600. The maximum absolute atomic E-state index is 10.6. The third kappa shape index (κ3) is 8.59. The molecule has 0 saturated heterocycles. The molecular weight excluding hydrogens is 232 g/mol. The van der Waals surface area contributed by atoms with E-state index < -0.39 is 27.8 Å². The molecule has 4 N–H and O–H groups in total. The van der Waals surface area contributed by atoms with E-state index >= 15 is 0 Å². The third-order valence-corrected chi connectivity index (χ3v) is 2.69. The second kappa shape index (κ2) is 5.19. The number of rotatable bonds is 6. The van der Waals surface area contributed by atoms with E-state index in [0.29, 0.717) is 0 Å². The lowest BCUT2D eigenvalue weighted by molar-refractivity contribution is 0.293. The highest BCUT2D eigenvalue weighted by molar-refractivity contribution is 7.52. The lowest BCUT2D eigenvalue weighted by atomic mass is 10.6. The highest BCUT2D eigenvalue weighted by Crippen LogP contribution is 2.40. The van der Waals surface area contributed by atoms with Gasteiger partial charge in [-0.15, -0.1) is 6.58 Å². The first-order valence-corrected chi connectivity index (χ1v) is 7.16. The van der Waals surface area contributed by atoms with Crippen molar-refractivity contribution < 1.29 is 28.7 Å². The summed E-state index contributed by atoms with van der Waals surface area (Å²) in [6, 6.07) is 0. The smallest absolute Gasteiger partial charge is 0.324 e. The van der Waals surface area contributed by atoms with Crippen LogP contribution in [0.25, 0.3) is 0 Å².